The molecule has 1 aliphatic heterocycles. The molecule has 0 spiro atoms. The van der Waals surface area contributed by atoms with E-state index in [0.717, 1.165) is 48.2 Å². The number of carbonyl (C=O) groups is 2. The summed E-state index contributed by atoms with van der Waals surface area (Å²) in [6.07, 6.45) is 9.54. The molecule has 5 nitrogen and oxygen atoms in total. The van der Waals surface area contributed by atoms with Crippen LogP contribution in [0.2, 0.25) is 0 Å². The fraction of sp³-hybridized carbons (Fsp3) is 0.417. The SMILES string of the molecule is CCCCCC(O)c1ccc(N2C(=O)CC[C@@H]2/C=C/Cc2ccc(C(=O)O)s2)cc1. The van der Waals surface area contributed by atoms with Crippen LogP contribution in [0.4, 0.5) is 5.69 Å². The highest BCUT2D eigenvalue weighted by Crippen LogP contribution is 2.30. The number of carboxylic acids is 1. The van der Waals surface area contributed by atoms with Gasteiger partial charge in [-0.3, -0.25) is 4.79 Å². The van der Waals surface area contributed by atoms with Gasteiger partial charge in [0.15, 0.2) is 0 Å². The standard InChI is InChI=1S/C24H29NO4S/c1-2-3-4-8-21(26)17-9-11-19(12-10-17)25-18(13-16-23(25)27)6-5-7-20-14-15-22(30-20)24(28)29/h5-6,9-12,14-15,18,21,26H,2-4,7-8,13,16H2,1H3,(H,28,29)/b6-5+/t18-,21?/m0/s1. The largest absolute Gasteiger partial charge is 0.477 e. The van der Waals surface area contributed by atoms with Crippen LogP contribution in [0.5, 0.6) is 0 Å². The zero-order valence-electron chi connectivity index (χ0n) is 17.3. The van der Waals surface area contributed by atoms with Crippen molar-refractivity contribution in [2.45, 2.75) is 64.0 Å². The minimum Gasteiger partial charge on any atom is -0.477 e. The van der Waals surface area contributed by atoms with E-state index in [-0.39, 0.29) is 11.9 Å². The fourth-order valence-corrected chi connectivity index (χ4v) is 4.60. The summed E-state index contributed by atoms with van der Waals surface area (Å²) in [5.74, 6) is -0.799. The minimum absolute atomic E-state index is 0.00302. The molecule has 1 aromatic carbocycles. The number of allylic oxidation sites excluding steroid dienone is 1. The third-order valence-corrected chi connectivity index (χ3v) is 6.54. The minimum atomic E-state index is -0.901. The van der Waals surface area contributed by atoms with Gasteiger partial charge in [-0.25, -0.2) is 4.79 Å². The lowest BCUT2D eigenvalue weighted by Crippen LogP contribution is -2.31. The molecule has 6 heteroatoms. The lowest BCUT2D eigenvalue weighted by molar-refractivity contribution is -0.117. The number of unbranched alkanes of at least 4 members (excludes halogenated alkanes) is 2. The van der Waals surface area contributed by atoms with Gasteiger partial charge in [-0.1, -0.05) is 50.5 Å². The molecule has 3 rings (SSSR count). The van der Waals surface area contributed by atoms with E-state index in [1.807, 2.05) is 47.4 Å². The highest BCUT2D eigenvalue weighted by atomic mass is 32.1. The number of hydrogen-bond donors (Lipinski definition) is 2. The third-order valence-electron chi connectivity index (χ3n) is 5.44. The summed E-state index contributed by atoms with van der Waals surface area (Å²) < 4.78 is 0. The Morgan fingerprint density at radius 2 is 2.00 bits per heavy atom. The van der Waals surface area contributed by atoms with E-state index in [4.69, 9.17) is 5.11 Å². The van der Waals surface area contributed by atoms with Gasteiger partial charge in [0.05, 0.1) is 12.1 Å². The zero-order chi connectivity index (χ0) is 21.5. The summed E-state index contributed by atoms with van der Waals surface area (Å²) in [6.45, 7) is 2.15. The molecule has 2 N–H and O–H groups in total. The Morgan fingerprint density at radius 3 is 2.67 bits per heavy atom. The van der Waals surface area contributed by atoms with Crippen molar-refractivity contribution in [2.24, 2.45) is 0 Å². The van der Waals surface area contributed by atoms with Crippen molar-refractivity contribution in [2.75, 3.05) is 4.90 Å². The second kappa shape index (κ2) is 10.5. The first-order chi connectivity index (χ1) is 14.5. The van der Waals surface area contributed by atoms with E-state index in [0.29, 0.717) is 17.7 Å². The first-order valence-corrected chi connectivity index (χ1v) is 11.4. The maximum absolute atomic E-state index is 12.5. The Bertz CT molecular complexity index is 887. The van der Waals surface area contributed by atoms with E-state index < -0.39 is 12.1 Å². The van der Waals surface area contributed by atoms with Crippen LogP contribution in [-0.4, -0.2) is 28.1 Å². The number of rotatable bonds is 10. The maximum Gasteiger partial charge on any atom is 0.345 e. The topological polar surface area (TPSA) is 77.8 Å². The number of carboxylic acid groups (broad SMARTS) is 1. The van der Waals surface area contributed by atoms with Crippen LogP contribution in [-0.2, 0) is 11.2 Å². The molecular formula is C24H29NO4S. The van der Waals surface area contributed by atoms with E-state index in [1.54, 1.807) is 6.07 Å². The van der Waals surface area contributed by atoms with Crippen molar-refractivity contribution in [1.82, 2.24) is 0 Å². The number of nitrogens with zero attached hydrogens (tertiary/aromatic N) is 1. The summed E-state index contributed by atoms with van der Waals surface area (Å²) in [4.78, 5) is 26.6. The molecule has 1 aromatic heterocycles. The molecule has 1 unspecified atom stereocenters. The number of aromatic carboxylic acids is 1. The van der Waals surface area contributed by atoms with Gasteiger partial charge in [-0.2, -0.15) is 0 Å². The van der Waals surface area contributed by atoms with Gasteiger partial charge in [0, 0.05) is 17.0 Å². The number of aliphatic hydroxyl groups is 1. The first kappa shape index (κ1) is 22.2. The summed E-state index contributed by atoms with van der Waals surface area (Å²) >= 11 is 1.28. The quantitative estimate of drug-likeness (QED) is 0.395. The molecule has 1 amide bonds. The molecule has 1 fully saturated rings. The van der Waals surface area contributed by atoms with Crippen LogP contribution >= 0.6 is 11.3 Å². The molecule has 2 aromatic rings. The van der Waals surface area contributed by atoms with Gasteiger partial charge in [0.1, 0.15) is 4.88 Å². The molecular weight excluding hydrogens is 398 g/mol. The lowest BCUT2D eigenvalue weighted by atomic mass is 10.0. The fourth-order valence-electron chi connectivity index (χ4n) is 3.78. The number of anilines is 1. The van der Waals surface area contributed by atoms with Crippen molar-refractivity contribution in [3.8, 4) is 0 Å². The Labute approximate surface area is 181 Å². The molecule has 0 radical (unpaired) electrons. The summed E-state index contributed by atoms with van der Waals surface area (Å²) in [6, 6.07) is 11.1. The Morgan fingerprint density at radius 1 is 1.23 bits per heavy atom. The van der Waals surface area contributed by atoms with Gasteiger partial charge < -0.3 is 15.1 Å². The Balaban J connectivity index is 1.63. The number of amides is 1. The van der Waals surface area contributed by atoms with Crippen LogP contribution in [0.25, 0.3) is 0 Å². The molecule has 2 heterocycles. The number of hydrogen-bond acceptors (Lipinski definition) is 4. The molecule has 2 atom stereocenters. The van der Waals surface area contributed by atoms with Crippen LogP contribution < -0.4 is 4.90 Å². The van der Waals surface area contributed by atoms with E-state index in [9.17, 15) is 14.7 Å². The smallest absolute Gasteiger partial charge is 0.345 e. The molecule has 0 aliphatic carbocycles. The van der Waals surface area contributed by atoms with Crippen molar-refractivity contribution < 1.29 is 19.8 Å². The van der Waals surface area contributed by atoms with Gasteiger partial charge in [-0.15, -0.1) is 11.3 Å². The summed E-state index contributed by atoms with van der Waals surface area (Å²) in [7, 11) is 0. The monoisotopic (exact) mass is 427 g/mol. The average molecular weight is 428 g/mol. The van der Waals surface area contributed by atoms with Crippen LogP contribution in [0, 0.1) is 0 Å². The van der Waals surface area contributed by atoms with Gasteiger partial charge in [0.25, 0.3) is 0 Å². The molecule has 160 valence electrons. The second-order valence-corrected chi connectivity index (χ2v) is 8.84. The van der Waals surface area contributed by atoms with Crippen molar-refractivity contribution in [3.63, 3.8) is 0 Å². The van der Waals surface area contributed by atoms with Gasteiger partial charge in [-0.05, 0) is 49.1 Å². The Hall–Kier alpha value is -2.44. The Kier molecular flexibility index (Phi) is 7.82. The molecule has 1 aliphatic rings. The van der Waals surface area contributed by atoms with Gasteiger partial charge in [0.2, 0.25) is 5.91 Å². The highest BCUT2D eigenvalue weighted by Gasteiger charge is 2.30. The summed E-state index contributed by atoms with van der Waals surface area (Å²) in [5, 5.41) is 19.4. The zero-order valence-corrected chi connectivity index (χ0v) is 18.1. The first-order valence-electron chi connectivity index (χ1n) is 10.6. The average Bonchev–Trinajstić information content (AvgIpc) is 3.35. The van der Waals surface area contributed by atoms with Crippen molar-refractivity contribution >= 4 is 28.9 Å². The third kappa shape index (κ3) is 5.58. The molecule has 0 bridgehead atoms. The number of thiophene rings is 1. The molecule has 0 saturated carbocycles. The number of carbonyl (C=O) groups excluding carboxylic acids is 1. The van der Waals surface area contributed by atoms with Crippen LogP contribution in [0.15, 0.2) is 48.6 Å². The van der Waals surface area contributed by atoms with Crippen LogP contribution in [0.1, 0.15) is 71.7 Å². The normalized spacial score (nSPS) is 17.7. The second-order valence-electron chi connectivity index (χ2n) is 7.68. The molecule has 30 heavy (non-hydrogen) atoms. The van der Waals surface area contributed by atoms with E-state index >= 15 is 0 Å². The lowest BCUT2D eigenvalue weighted by Gasteiger charge is -2.23. The van der Waals surface area contributed by atoms with Crippen molar-refractivity contribution in [3.05, 3.63) is 63.9 Å². The van der Waals surface area contributed by atoms with E-state index in [2.05, 4.69) is 6.92 Å². The van der Waals surface area contributed by atoms with Gasteiger partial charge >= 0.3 is 5.97 Å². The highest BCUT2D eigenvalue weighted by molar-refractivity contribution is 7.13. The predicted octanol–water partition coefficient (Wildman–Crippen LogP) is 5.35. The number of aliphatic hydroxyl groups excluding tert-OH is 1. The van der Waals surface area contributed by atoms with Crippen LogP contribution in [0.3, 0.4) is 0 Å². The van der Waals surface area contributed by atoms with Crippen molar-refractivity contribution in [1.29, 1.82) is 0 Å². The predicted molar refractivity (Wildman–Crippen MR) is 120 cm³/mol. The molecule has 1 saturated heterocycles. The maximum atomic E-state index is 12.5. The van der Waals surface area contributed by atoms with E-state index in [1.165, 1.54) is 11.3 Å². The number of benzene rings is 1. The summed E-state index contributed by atoms with van der Waals surface area (Å²) in [5.41, 5.74) is 1.74.